The van der Waals surface area contributed by atoms with Crippen molar-refractivity contribution in [1.29, 1.82) is 0 Å². The smallest absolute Gasteiger partial charge is 0.410 e. The molecule has 0 spiro atoms. The van der Waals surface area contributed by atoms with E-state index in [9.17, 15) is 4.79 Å². The monoisotopic (exact) mass is 708 g/mol. The number of halogens is 1. The maximum absolute atomic E-state index is 15.0. The Labute approximate surface area is 306 Å². The Hall–Kier alpha value is -4.21. The minimum Gasteiger partial charge on any atom is -0.446 e. The second-order valence-corrected chi connectivity index (χ2v) is 14.7. The zero-order chi connectivity index (χ0) is 35.2. The van der Waals surface area contributed by atoms with Crippen LogP contribution in [0.2, 0.25) is 5.02 Å². The summed E-state index contributed by atoms with van der Waals surface area (Å²) >= 11 is 6.52. The molecule has 51 heavy (non-hydrogen) atoms. The van der Waals surface area contributed by atoms with Crippen LogP contribution in [0.1, 0.15) is 78.2 Å². The number of fused-ring (bicyclic) bond motifs is 2. The zero-order valence-corrected chi connectivity index (χ0v) is 30.4. The van der Waals surface area contributed by atoms with Gasteiger partial charge in [0.05, 0.1) is 23.8 Å². The molecule has 10 heteroatoms. The van der Waals surface area contributed by atoms with Gasteiger partial charge in [0.1, 0.15) is 12.1 Å². The van der Waals surface area contributed by atoms with Gasteiger partial charge in [-0.05, 0) is 98.7 Å². The molecule has 0 N–H and O–H groups in total. The van der Waals surface area contributed by atoms with Gasteiger partial charge in [0, 0.05) is 56.7 Å². The van der Waals surface area contributed by atoms with Crippen molar-refractivity contribution in [3.05, 3.63) is 118 Å². The number of nitrogens with zero attached hydrogens (tertiary/aromatic N) is 6. The summed E-state index contributed by atoms with van der Waals surface area (Å²) in [6.07, 6.45) is 13.6. The lowest BCUT2D eigenvalue weighted by Crippen LogP contribution is -2.62. The van der Waals surface area contributed by atoms with Crippen molar-refractivity contribution in [3.63, 3.8) is 0 Å². The summed E-state index contributed by atoms with van der Waals surface area (Å²) in [4.78, 5) is 44.4. The SMILES string of the molecule is Cc1cn(CCCN(CCc2ccccc2)C(=O)[C@H]2CN([C@@H]3c4ccc(Cl)cc4CCc4cccnc43)CCN2C(=O)OC2CCCCC2)cn1. The van der Waals surface area contributed by atoms with Crippen LogP contribution in [0, 0.1) is 6.92 Å². The summed E-state index contributed by atoms with van der Waals surface area (Å²) in [5, 5.41) is 0.717. The summed E-state index contributed by atoms with van der Waals surface area (Å²) in [6, 6.07) is 19.7. The first-order chi connectivity index (χ1) is 24.9. The second kappa shape index (κ2) is 16.4. The molecule has 2 atom stereocenters. The zero-order valence-electron chi connectivity index (χ0n) is 29.6. The van der Waals surface area contributed by atoms with Crippen molar-refractivity contribution in [2.45, 2.75) is 89.4 Å². The number of piperazine rings is 1. The minimum atomic E-state index is -0.702. The van der Waals surface area contributed by atoms with E-state index in [1.807, 2.05) is 60.9 Å². The third kappa shape index (κ3) is 8.47. The van der Waals surface area contributed by atoms with E-state index in [4.69, 9.17) is 21.3 Å². The molecule has 4 aromatic rings. The average molecular weight is 709 g/mol. The molecular weight excluding hydrogens is 660 g/mol. The highest BCUT2D eigenvalue weighted by molar-refractivity contribution is 6.30. The molecule has 2 aromatic heterocycles. The molecular formula is C41H49ClN6O3. The predicted molar refractivity (Wildman–Crippen MR) is 199 cm³/mol. The highest BCUT2D eigenvalue weighted by Gasteiger charge is 2.42. The normalized spacial score (nSPS) is 19.5. The molecule has 2 fully saturated rings. The van der Waals surface area contributed by atoms with Gasteiger partial charge in [-0.3, -0.25) is 19.6 Å². The van der Waals surface area contributed by atoms with E-state index in [1.54, 1.807) is 4.90 Å². The maximum atomic E-state index is 15.0. The van der Waals surface area contributed by atoms with Gasteiger partial charge in [-0.25, -0.2) is 9.78 Å². The number of benzene rings is 2. The van der Waals surface area contributed by atoms with Crippen molar-refractivity contribution >= 4 is 23.6 Å². The number of pyridine rings is 1. The fraction of sp³-hybridized carbons (Fsp3) is 0.463. The number of hydrogen-bond acceptors (Lipinski definition) is 6. The molecule has 2 aromatic carbocycles. The minimum absolute atomic E-state index is 0.0377. The first kappa shape index (κ1) is 35.2. The molecule has 2 aliphatic carbocycles. The average Bonchev–Trinajstić information content (AvgIpc) is 3.50. The number of hydrogen-bond donors (Lipinski definition) is 0. The number of aryl methyl sites for hydroxylation is 4. The summed E-state index contributed by atoms with van der Waals surface area (Å²) in [6.45, 7) is 5.23. The number of ether oxygens (including phenoxy) is 1. The maximum Gasteiger partial charge on any atom is 0.410 e. The molecule has 0 radical (unpaired) electrons. The fourth-order valence-corrected chi connectivity index (χ4v) is 8.30. The number of imidazole rings is 1. The van der Waals surface area contributed by atoms with E-state index >= 15 is 4.79 Å². The van der Waals surface area contributed by atoms with Crippen LogP contribution < -0.4 is 0 Å². The van der Waals surface area contributed by atoms with Crippen LogP contribution in [0.4, 0.5) is 4.79 Å². The van der Waals surface area contributed by atoms with Crippen LogP contribution in [0.25, 0.3) is 0 Å². The van der Waals surface area contributed by atoms with Crippen molar-refractivity contribution in [2.75, 3.05) is 32.7 Å². The van der Waals surface area contributed by atoms with E-state index in [1.165, 1.54) is 23.1 Å². The molecule has 7 rings (SSSR count). The third-order valence-electron chi connectivity index (χ3n) is 10.8. The third-order valence-corrected chi connectivity index (χ3v) is 11.0. The van der Waals surface area contributed by atoms with Crippen molar-refractivity contribution in [2.24, 2.45) is 0 Å². The number of carbonyl (C=O) groups excluding carboxylic acids is 2. The molecule has 268 valence electrons. The number of carbonyl (C=O) groups is 2. The van der Waals surface area contributed by atoms with Crippen LogP contribution in [-0.2, 0) is 35.3 Å². The van der Waals surface area contributed by atoms with E-state index in [-0.39, 0.29) is 24.1 Å². The van der Waals surface area contributed by atoms with Gasteiger partial charge < -0.3 is 14.2 Å². The summed E-state index contributed by atoms with van der Waals surface area (Å²) < 4.78 is 8.22. The Morgan fingerprint density at radius 1 is 0.941 bits per heavy atom. The lowest BCUT2D eigenvalue weighted by molar-refractivity contribution is -0.139. The van der Waals surface area contributed by atoms with E-state index in [2.05, 4.69) is 44.8 Å². The standard InChI is InChI=1S/C41H49ClN6O3/c1-30-27-45(29-44-30)21-9-22-46(23-19-31-10-4-2-5-11-31)40(49)37-28-47(24-25-48(37)41(50)51-35-13-6-3-7-14-35)39-36-18-17-34(42)26-33(36)16-15-32-12-8-20-43-38(32)39/h2,4-5,8,10-12,17-18,20,26-27,29,35,37,39H,3,6-7,9,13-16,19,21-25,28H2,1H3/t37-,39-/m1/s1. The predicted octanol–water partition coefficient (Wildman–Crippen LogP) is 7.05. The Kier molecular flexibility index (Phi) is 11.3. The van der Waals surface area contributed by atoms with E-state index < -0.39 is 6.04 Å². The van der Waals surface area contributed by atoms with Gasteiger partial charge in [0.2, 0.25) is 5.91 Å². The quantitative estimate of drug-likeness (QED) is 0.176. The molecule has 3 aliphatic rings. The number of rotatable bonds is 10. The summed E-state index contributed by atoms with van der Waals surface area (Å²) in [5.41, 5.74) is 6.73. The Balaban J connectivity index is 1.19. The van der Waals surface area contributed by atoms with Crippen molar-refractivity contribution in [3.8, 4) is 0 Å². The van der Waals surface area contributed by atoms with E-state index in [0.717, 1.165) is 79.9 Å². The van der Waals surface area contributed by atoms with Crippen molar-refractivity contribution < 1.29 is 14.3 Å². The van der Waals surface area contributed by atoms with Crippen LogP contribution in [0.3, 0.4) is 0 Å². The van der Waals surface area contributed by atoms with Gasteiger partial charge >= 0.3 is 6.09 Å². The molecule has 3 heterocycles. The fourth-order valence-electron chi connectivity index (χ4n) is 8.10. The largest absolute Gasteiger partial charge is 0.446 e. The molecule has 1 saturated carbocycles. The first-order valence-electron chi connectivity index (χ1n) is 18.7. The summed E-state index contributed by atoms with van der Waals surface area (Å²) in [5.74, 6) is -0.0377. The molecule has 1 saturated heterocycles. The Morgan fingerprint density at radius 2 is 1.76 bits per heavy atom. The molecule has 2 amide bonds. The van der Waals surface area contributed by atoms with Crippen molar-refractivity contribution in [1.82, 2.24) is 29.2 Å². The van der Waals surface area contributed by atoms with E-state index in [0.29, 0.717) is 32.7 Å². The summed E-state index contributed by atoms with van der Waals surface area (Å²) in [7, 11) is 0. The highest BCUT2D eigenvalue weighted by atomic mass is 35.5. The first-order valence-corrected chi connectivity index (χ1v) is 19.1. The van der Waals surface area contributed by atoms with Gasteiger partial charge in [0.25, 0.3) is 0 Å². The van der Waals surface area contributed by atoms with Crippen LogP contribution in [0.5, 0.6) is 0 Å². The molecule has 0 bridgehead atoms. The lowest BCUT2D eigenvalue weighted by Gasteiger charge is -2.45. The van der Waals surface area contributed by atoms with Crippen LogP contribution >= 0.6 is 11.6 Å². The van der Waals surface area contributed by atoms with Crippen LogP contribution in [-0.4, -0.2) is 86.1 Å². The van der Waals surface area contributed by atoms with Gasteiger partial charge in [-0.1, -0.05) is 60.5 Å². The molecule has 9 nitrogen and oxygen atoms in total. The Bertz CT molecular complexity index is 1790. The lowest BCUT2D eigenvalue weighted by atomic mass is 9.95. The molecule has 1 aliphatic heterocycles. The van der Waals surface area contributed by atoms with Gasteiger partial charge in [0.15, 0.2) is 0 Å². The number of aromatic nitrogens is 3. The van der Waals surface area contributed by atoms with Gasteiger partial charge in [-0.15, -0.1) is 0 Å². The number of amides is 2. The van der Waals surface area contributed by atoms with Crippen LogP contribution in [0.15, 0.2) is 79.4 Å². The molecule has 0 unspecified atom stereocenters. The second-order valence-electron chi connectivity index (χ2n) is 14.3. The topological polar surface area (TPSA) is 83.8 Å². The highest BCUT2D eigenvalue weighted by Crippen LogP contribution is 2.38. The van der Waals surface area contributed by atoms with Gasteiger partial charge in [-0.2, -0.15) is 0 Å². The Morgan fingerprint density at radius 3 is 2.57 bits per heavy atom.